The van der Waals surface area contributed by atoms with Gasteiger partial charge in [-0.1, -0.05) is 0 Å². The third-order valence-electron chi connectivity index (χ3n) is 3.11. The van der Waals surface area contributed by atoms with Crippen LogP contribution in [0.1, 0.15) is 25.7 Å². The molecule has 4 heteroatoms. The molecule has 0 N–H and O–H groups in total. The molecule has 0 unspecified atom stereocenters. The molecule has 2 aliphatic rings. The minimum atomic E-state index is -2.78. The van der Waals surface area contributed by atoms with Crippen LogP contribution in [0.5, 0.6) is 0 Å². The van der Waals surface area contributed by atoms with Gasteiger partial charge in [0.05, 0.1) is 18.0 Å². The molecule has 1 spiro atoms. The van der Waals surface area contributed by atoms with Gasteiger partial charge in [-0.15, -0.1) is 0 Å². The van der Waals surface area contributed by atoms with E-state index in [0.29, 0.717) is 11.7 Å². The van der Waals surface area contributed by atoms with Gasteiger partial charge in [-0.3, -0.25) is 0 Å². The zero-order chi connectivity index (χ0) is 9.53. The molecule has 2 rings (SSSR count). The van der Waals surface area contributed by atoms with Gasteiger partial charge in [-0.25, -0.2) is 8.42 Å². The van der Waals surface area contributed by atoms with E-state index >= 15 is 0 Å². The third kappa shape index (κ3) is 2.44. The topological polar surface area (TPSA) is 46.7 Å². The second kappa shape index (κ2) is 2.95. The second-order valence-corrected chi connectivity index (χ2v) is 6.69. The molecule has 76 valence electrons. The minimum absolute atomic E-state index is 0.188. The van der Waals surface area contributed by atoms with Crippen LogP contribution in [0.3, 0.4) is 0 Å². The van der Waals surface area contributed by atoms with Crippen molar-refractivity contribution in [3.8, 4) is 0 Å². The van der Waals surface area contributed by atoms with Crippen molar-refractivity contribution in [3.05, 3.63) is 0 Å². The lowest BCUT2D eigenvalue weighted by molar-refractivity contribution is 0.207. The van der Waals surface area contributed by atoms with E-state index in [1.165, 1.54) is 6.26 Å². The lowest BCUT2D eigenvalue weighted by Gasteiger charge is -2.25. The van der Waals surface area contributed by atoms with Crippen molar-refractivity contribution in [3.63, 3.8) is 0 Å². The molecule has 2 fully saturated rings. The summed E-state index contributed by atoms with van der Waals surface area (Å²) < 4.78 is 27.5. The van der Waals surface area contributed by atoms with E-state index in [4.69, 9.17) is 4.74 Å². The van der Waals surface area contributed by atoms with Gasteiger partial charge in [0.25, 0.3) is 0 Å². The number of ether oxygens (including phenoxy) is 1. The van der Waals surface area contributed by atoms with Gasteiger partial charge < -0.3 is 4.74 Å². The maximum absolute atomic E-state index is 11.0. The van der Waals surface area contributed by atoms with Gasteiger partial charge in [0.1, 0.15) is 9.84 Å². The smallest absolute Gasteiger partial charge is 0.147 e. The molecule has 0 aromatic rings. The van der Waals surface area contributed by atoms with Crippen LogP contribution in [0, 0.1) is 5.92 Å². The number of hydrogen-bond donors (Lipinski definition) is 0. The van der Waals surface area contributed by atoms with E-state index in [0.717, 1.165) is 32.3 Å². The van der Waals surface area contributed by atoms with E-state index < -0.39 is 9.84 Å². The molecule has 0 aromatic heterocycles. The van der Waals surface area contributed by atoms with Crippen LogP contribution in [-0.4, -0.2) is 32.6 Å². The molecule has 0 atom stereocenters. The normalized spacial score (nSPS) is 39.3. The molecule has 0 bridgehead atoms. The fourth-order valence-corrected chi connectivity index (χ4v) is 3.38. The van der Waals surface area contributed by atoms with Crippen LogP contribution in [0.25, 0.3) is 0 Å². The molecule has 1 saturated heterocycles. The Balaban J connectivity index is 1.84. The van der Waals surface area contributed by atoms with E-state index in [2.05, 4.69) is 0 Å². The van der Waals surface area contributed by atoms with Crippen LogP contribution < -0.4 is 0 Å². The fraction of sp³-hybridized carbons (Fsp3) is 1.00. The summed E-state index contributed by atoms with van der Waals surface area (Å²) in [5.74, 6) is 0.744. The molecule has 1 saturated carbocycles. The monoisotopic (exact) mass is 204 g/mol. The SMILES string of the molecule is CS(=O)(=O)CC1CCC2(CC1)CO2. The first-order valence-corrected chi connectivity index (χ1v) is 6.87. The highest BCUT2D eigenvalue weighted by Gasteiger charge is 2.47. The van der Waals surface area contributed by atoms with Crippen LogP contribution in [0.2, 0.25) is 0 Å². The predicted molar refractivity (Wildman–Crippen MR) is 50.4 cm³/mol. The Morgan fingerprint density at radius 1 is 1.38 bits per heavy atom. The zero-order valence-electron chi connectivity index (χ0n) is 7.95. The van der Waals surface area contributed by atoms with Gasteiger partial charge >= 0.3 is 0 Å². The van der Waals surface area contributed by atoms with Gasteiger partial charge in [0.2, 0.25) is 0 Å². The van der Waals surface area contributed by atoms with Crippen molar-refractivity contribution in [1.29, 1.82) is 0 Å². The highest BCUT2D eigenvalue weighted by atomic mass is 32.2. The van der Waals surface area contributed by atoms with Crippen LogP contribution >= 0.6 is 0 Å². The van der Waals surface area contributed by atoms with Gasteiger partial charge in [-0.2, -0.15) is 0 Å². The Morgan fingerprint density at radius 2 is 1.92 bits per heavy atom. The summed E-state index contributed by atoms with van der Waals surface area (Å²) in [5.41, 5.74) is 0.188. The predicted octanol–water partition coefficient (Wildman–Crippen LogP) is 0.990. The lowest BCUT2D eigenvalue weighted by Crippen LogP contribution is -2.25. The summed E-state index contributed by atoms with van der Waals surface area (Å²) in [6.45, 7) is 0.901. The van der Waals surface area contributed by atoms with Gasteiger partial charge in [0.15, 0.2) is 0 Å². The number of hydrogen-bond acceptors (Lipinski definition) is 3. The standard InChI is InChI=1S/C9H16O3S/c1-13(10,11)6-8-2-4-9(5-3-8)7-12-9/h8H,2-7H2,1H3. The van der Waals surface area contributed by atoms with Crippen LogP contribution in [0.15, 0.2) is 0 Å². The largest absolute Gasteiger partial charge is 0.370 e. The van der Waals surface area contributed by atoms with E-state index in [9.17, 15) is 8.42 Å². The molecular weight excluding hydrogens is 188 g/mol. The lowest BCUT2D eigenvalue weighted by atomic mass is 9.83. The van der Waals surface area contributed by atoms with Crippen molar-refractivity contribution in [2.24, 2.45) is 5.92 Å². The molecule has 1 heterocycles. The molecule has 1 aliphatic heterocycles. The average Bonchev–Trinajstić information content (AvgIpc) is 2.73. The molecule has 13 heavy (non-hydrogen) atoms. The summed E-state index contributed by atoms with van der Waals surface area (Å²) in [4.78, 5) is 0. The van der Waals surface area contributed by atoms with Crippen molar-refractivity contribution in [1.82, 2.24) is 0 Å². The van der Waals surface area contributed by atoms with Crippen LogP contribution in [0.4, 0.5) is 0 Å². The highest BCUT2D eigenvalue weighted by Crippen LogP contribution is 2.43. The maximum Gasteiger partial charge on any atom is 0.147 e. The Kier molecular flexibility index (Phi) is 2.15. The van der Waals surface area contributed by atoms with E-state index in [1.54, 1.807) is 0 Å². The van der Waals surface area contributed by atoms with Crippen molar-refractivity contribution in [2.75, 3.05) is 18.6 Å². The van der Waals surface area contributed by atoms with Gasteiger partial charge in [0, 0.05) is 6.26 Å². The molecule has 1 aliphatic carbocycles. The summed E-state index contributed by atoms with van der Waals surface area (Å²) in [5, 5.41) is 0. The number of epoxide rings is 1. The third-order valence-corrected chi connectivity index (χ3v) is 4.18. The van der Waals surface area contributed by atoms with Crippen LogP contribution in [-0.2, 0) is 14.6 Å². The van der Waals surface area contributed by atoms with E-state index in [1.807, 2.05) is 0 Å². The first kappa shape index (κ1) is 9.46. The Bertz CT molecular complexity index is 280. The quantitative estimate of drug-likeness (QED) is 0.630. The van der Waals surface area contributed by atoms with Crippen molar-refractivity contribution in [2.45, 2.75) is 31.3 Å². The maximum atomic E-state index is 11.0. The zero-order valence-corrected chi connectivity index (χ0v) is 8.77. The molecule has 0 radical (unpaired) electrons. The average molecular weight is 204 g/mol. The van der Waals surface area contributed by atoms with E-state index in [-0.39, 0.29) is 5.60 Å². The second-order valence-electron chi connectivity index (χ2n) is 4.51. The molecule has 3 nitrogen and oxygen atoms in total. The Hall–Kier alpha value is -0.0900. The first-order chi connectivity index (χ1) is 5.99. The number of sulfone groups is 1. The van der Waals surface area contributed by atoms with Gasteiger partial charge in [-0.05, 0) is 31.6 Å². The van der Waals surface area contributed by atoms with Crippen molar-refractivity contribution < 1.29 is 13.2 Å². The minimum Gasteiger partial charge on any atom is -0.370 e. The fourth-order valence-electron chi connectivity index (χ4n) is 2.19. The summed E-state index contributed by atoms with van der Waals surface area (Å²) in [7, 11) is -2.78. The number of rotatable bonds is 2. The highest BCUT2D eigenvalue weighted by molar-refractivity contribution is 7.90. The molecule has 0 aromatic carbocycles. The Labute approximate surface area is 79.4 Å². The molecule has 0 amide bonds. The summed E-state index contributed by atoms with van der Waals surface area (Å²) >= 11 is 0. The molecular formula is C9H16O3S. The van der Waals surface area contributed by atoms with Crippen molar-refractivity contribution >= 4 is 9.84 Å². The first-order valence-electron chi connectivity index (χ1n) is 4.81. The summed E-state index contributed by atoms with van der Waals surface area (Å²) in [6.07, 6.45) is 5.49. The summed E-state index contributed by atoms with van der Waals surface area (Å²) in [6, 6.07) is 0. The Morgan fingerprint density at radius 3 is 2.31 bits per heavy atom.